The van der Waals surface area contributed by atoms with Crippen LogP contribution < -0.4 is 5.32 Å². The van der Waals surface area contributed by atoms with Gasteiger partial charge in [0.05, 0.1) is 11.6 Å². The standard InChI is InChI=1S/C21H20F3N3/c1-12-6-13(2)20(14(3)7-12)27-19(21(22,23)24)9-16-11-26-18-5-4-15(10-25)8-17(16)18/h4-8,11,19,26-27H,9H2,1-3H3. The van der Waals surface area contributed by atoms with Gasteiger partial charge in [0.2, 0.25) is 0 Å². The minimum Gasteiger partial charge on any atom is -0.373 e. The largest absolute Gasteiger partial charge is 0.408 e. The molecule has 0 saturated carbocycles. The minimum absolute atomic E-state index is 0.231. The third-order valence-electron chi connectivity index (χ3n) is 4.71. The molecule has 0 radical (unpaired) electrons. The average Bonchev–Trinajstić information content (AvgIpc) is 2.97. The van der Waals surface area contributed by atoms with Crippen molar-refractivity contribution >= 4 is 16.6 Å². The molecule has 1 unspecified atom stereocenters. The summed E-state index contributed by atoms with van der Waals surface area (Å²) in [4.78, 5) is 2.99. The average molecular weight is 371 g/mol. The molecule has 1 heterocycles. The fraction of sp³-hybridized carbons (Fsp3) is 0.286. The normalized spacial score (nSPS) is 12.8. The first-order chi connectivity index (χ1) is 12.7. The molecular formula is C21H20F3N3. The molecule has 0 bridgehead atoms. The Kier molecular flexibility index (Phi) is 4.88. The van der Waals surface area contributed by atoms with E-state index in [1.54, 1.807) is 38.2 Å². The molecule has 0 amide bonds. The Balaban J connectivity index is 1.97. The number of aromatic amines is 1. The van der Waals surface area contributed by atoms with Crippen LogP contribution in [0.15, 0.2) is 36.5 Å². The van der Waals surface area contributed by atoms with Gasteiger partial charge in [-0.25, -0.2) is 0 Å². The monoisotopic (exact) mass is 371 g/mol. The fourth-order valence-electron chi connectivity index (χ4n) is 3.47. The van der Waals surface area contributed by atoms with Crippen molar-refractivity contribution in [2.75, 3.05) is 5.32 Å². The van der Waals surface area contributed by atoms with Gasteiger partial charge >= 0.3 is 6.18 Å². The Hall–Kier alpha value is -2.94. The maximum Gasteiger partial charge on any atom is 0.408 e. The maximum absolute atomic E-state index is 13.8. The third kappa shape index (κ3) is 3.92. The SMILES string of the molecule is Cc1cc(C)c(NC(Cc2c[nH]c3ccc(C#N)cc23)C(F)(F)F)c(C)c1. The van der Waals surface area contributed by atoms with Crippen LogP contribution in [0.1, 0.15) is 27.8 Å². The second-order valence-corrected chi connectivity index (χ2v) is 6.90. The molecule has 1 atom stereocenters. The highest BCUT2D eigenvalue weighted by Crippen LogP contribution is 2.32. The van der Waals surface area contributed by atoms with E-state index in [4.69, 9.17) is 5.26 Å². The summed E-state index contributed by atoms with van der Waals surface area (Å²) in [7, 11) is 0. The van der Waals surface area contributed by atoms with Gasteiger partial charge in [-0.2, -0.15) is 18.4 Å². The highest BCUT2D eigenvalue weighted by molar-refractivity contribution is 5.84. The number of hydrogen-bond acceptors (Lipinski definition) is 2. The molecule has 0 aliphatic carbocycles. The molecule has 2 N–H and O–H groups in total. The number of aryl methyl sites for hydroxylation is 3. The topological polar surface area (TPSA) is 51.6 Å². The number of halogens is 3. The van der Waals surface area contributed by atoms with E-state index in [-0.39, 0.29) is 6.42 Å². The number of aromatic nitrogens is 1. The molecular weight excluding hydrogens is 351 g/mol. The number of hydrogen-bond donors (Lipinski definition) is 2. The van der Waals surface area contributed by atoms with Gasteiger partial charge < -0.3 is 10.3 Å². The second kappa shape index (κ2) is 6.99. The third-order valence-corrected chi connectivity index (χ3v) is 4.71. The van der Waals surface area contributed by atoms with Crippen molar-refractivity contribution in [3.63, 3.8) is 0 Å². The summed E-state index contributed by atoms with van der Waals surface area (Å²) in [5, 5.41) is 12.4. The van der Waals surface area contributed by atoms with Crippen molar-refractivity contribution in [3.8, 4) is 6.07 Å². The van der Waals surface area contributed by atoms with Gasteiger partial charge in [-0.1, -0.05) is 17.7 Å². The number of nitriles is 1. The summed E-state index contributed by atoms with van der Waals surface area (Å²) in [6.45, 7) is 5.53. The Morgan fingerprint density at radius 2 is 1.78 bits per heavy atom. The van der Waals surface area contributed by atoms with Crippen molar-refractivity contribution in [1.29, 1.82) is 5.26 Å². The number of anilines is 1. The number of fused-ring (bicyclic) bond motifs is 1. The highest BCUT2D eigenvalue weighted by atomic mass is 19.4. The van der Waals surface area contributed by atoms with E-state index in [2.05, 4.69) is 10.3 Å². The van der Waals surface area contributed by atoms with Gasteiger partial charge in [0.15, 0.2) is 0 Å². The molecule has 3 aromatic rings. The van der Waals surface area contributed by atoms with Gasteiger partial charge in [0, 0.05) is 29.2 Å². The first-order valence-corrected chi connectivity index (χ1v) is 8.60. The zero-order valence-electron chi connectivity index (χ0n) is 15.3. The summed E-state index contributed by atoms with van der Waals surface area (Å²) < 4.78 is 41.3. The van der Waals surface area contributed by atoms with E-state index in [0.717, 1.165) is 16.7 Å². The molecule has 3 nitrogen and oxygen atoms in total. The molecule has 1 aromatic heterocycles. The number of nitrogens with one attached hydrogen (secondary N) is 2. The summed E-state index contributed by atoms with van der Waals surface area (Å²) in [6.07, 6.45) is -3.06. The number of H-pyrrole nitrogens is 1. The Labute approximate surface area is 155 Å². The van der Waals surface area contributed by atoms with Crippen molar-refractivity contribution in [2.24, 2.45) is 0 Å². The summed E-state index contributed by atoms with van der Waals surface area (Å²) >= 11 is 0. The first kappa shape index (κ1) is 18.8. The Morgan fingerprint density at radius 3 is 2.37 bits per heavy atom. The zero-order chi connectivity index (χ0) is 19.8. The lowest BCUT2D eigenvalue weighted by molar-refractivity contribution is -0.142. The van der Waals surface area contributed by atoms with Gasteiger partial charge in [-0.15, -0.1) is 0 Å². The summed E-state index contributed by atoms with van der Waals surface area (Å²) in [5.41, 5.74) is 4.76. The van der Waals surface area contributed by atoms with E-state index >= 15 is 0 Å². The van der Waals surface area contributed by atoms with Crippen LogP contribution >= 0.6 is 0 Å². The van der Waals surface area contributed by atoms with Crippen molar-refractivity contribution in [1.82, 2.24) is 4.98 Å². The minimum atomic E-state index is -4.42. The van der Waals surface area contributed by atoms with E-state index in [0.29, 0.717) is 27.7 Å². The highest BCUT2D eigenvalue weighted by Gasteiger charge is 2.40. The van der Waals surface area contributed by atoms with Crippen molar-refractivity contribution in [3.05, 3.63) is 64.3 Å². The molecule has 2 aromatic carbocycles. The molecule has 0 aliphatic rings. The maximum atomic E-state index is 13.8. The quantitative estimate of drug-likeness (QED) is 0.632. The van der Waals surface area contributed by atoms with E-state index in [9.17, 15) is 13.2 Å². The van der Waals surface area contributed by atoms with Crippen molar-refractivity contribution < 1.29 is 13.2 Å². The van der Waals surface area contributed by atoms with Crippen LogP contribution in [0.4, 0.5) is 18.9 Å². The number of alkyl halides is 3. The molecule has 140 valence electrons. The molecule has 0 saturated heterocycles. The Bertz CT molecular complexity index is 1000. The number of rotatable bonds is 4. The molecule has 6 heteroatoms. The number of nitrogens with zero attached hydrogens (tertiary/aromatic N) is 1. The molecule has 27 heavy (non-hydrogen) atoms. The van der Waals surface area contributed by atoms with Crippen LogP contribution in [0.5, 0.6) is 0 Å². The lowest BCUT2D eigenvalue weighted by Crippen LogP contribution is -2.38. The van der Waals surface area contributed by atoms with Crippen LogP contribution in [-0.4, -0.2) is 17.2 Å². The van der Waals surface area contributed by atoms with Crippen molar-refractivity contribution in [2.45, 2.75) is 39.4 Å². The van der Waals surface area contributed by atoms with E-state index in [1.165, 1.54) is 0 Å². The molecule has 0 fully saturated rings. The Morgan fingerprint density at radius 1 is 1.11 bits per heavy atom. The van der Waals surface area contributed by atoms with Crippen LogP contribution in [-0.2, 0) is 6.42 Å². The predicted octanol–water partition coefficient (Wildman–Crippen LogP) is 5.55. The number of benzene rings is 2. The van der Waals surface area contributed by atoms with Crippen LogP contribution in [0, 0.1) is 32.1 Å². The molecule has 0 spiro atoms. The fourth-order valence-corrected chi connectivity index (χ4v) is 3.47. The van der Waals surface area contributed by atoms with Gasteiger partial charge in [0.1, 0.15) is 6.04 Å². The van der Waals surface area contributed by atoms with E-state index in [1.807, 2.05) is 25.1 Å². The zero-order valence-corrected chi connectivity index (χ0v) is 15.3. The van der Waals surface area contributed by atoms with Gasteiger partial charge in [0.25, 0.3) is 0 Å². The summed E-state index contributed by atoms with van der Waals surface area (Å²) in [5.74, 6) is 0. The van der Waals surface area contributed by atoms with E-state index < -0.39 is 12.2 Å². The van der Waals surface area contributed by atoms with Gasteiger partial charge in [-0.05, 0) is 55.7 Å². The second-order valence-electron chi connectivity index (χ2n) is 6.90. The van der Waals surface area contributed by atoms with Crippen LogP contribution in [0.3, 0.4) is 0 Å². The lowest BCUT2D eigenvalue weighted by Gasteiger charge is -2.25. The molecule has 3 rings (SSSR count). The molecule has 0 aliphatic heterocycles. The first-order valence-electron chi connectivity index (χ1n) is 8.60. The predicted molar refractivity (Wildman–Crippen MR) is 101 cm³/mol. The lowest BCUT2D eigenvalue weighted by atomic mass is 10.0. The van der Waals surface area contributed by atoms with Gasteiger partial charge in [-0.3, -0.25) is 0 Å². The smallest absolute Gasteiger partial charge is 0.373 e. The summed E-state index contributed by atoms with van der Waals surface area (Å²) in [6, 6.07) is 9.00. The van der Waals surface area contributed by atoms with Crippen LogP contribution in [0.2, 0.25) is 0 Å². The van der Waals surface area contributed by atoms with Crippen LogP contribution in [0.25, 0.3) is 10.9 Å².